The topological polar surface area (TPSA) is 35.2 Å². The molecule has 0 aromatic heterocycles. The number of benzene rings is 1. The Morgan fingerprint density at radius 3 is 2.82 bits per heavy atom. The molecule has 17 heavy (non-hydrogen) atoms. The van der Waals surface area contributed by atoms with Gasteiger partial charge in [-0.1, -0.05) is 23.7 Å². The van der Waals surface area contributed by atoms with Crippen LogP contribution in [0.1, 0.15) is 31.2 Å². The van der Waals surface area contributed by atoms with Gasteiger partial charge in [-0.2, -0.15) is 0 Å². The molecule has 1 aromatic carbocycles. The molecule has 0 unspecified atom stereocenters. The first-order chi connectivity index (χ1) is 8.31. The van der Waals surface area contributed by atoms with Crippen molar-refractivity contribution < 1.29 is 4.74 Å². The van der Waals surface area contributed by atoms with Gasteiger partial charge in [-0.25, -0.2) is 0 Å². The number of hydrogen-bond acceptors (Lipinski definition) is 2. The highest BCUT2D eigenvalue weighted by Crippen LogP contribution is 2.33. The van der Waals surface area contributed by atoms with Gasteiger partial charge in [0.15, 0.2) is 0 Å². The summed E-state index contributed by atoms with van der Waals surface area (Å²) in [6, 6.07) is 6.05. The van der Waals surface area contributed by atoms with Crippen LogP contribution in [0, 0.1) is 5.92 Å². The Morgan fingerprint density at radius 2 is 2.12 bits per heavy atom. The second-order valence-electron chi connectivity index (χ2n) is 4.73. The summed E-state index contributed by atoms with van der Waals surface area (Å²) in [5, 5.41) is 0.783. The zero-order valence-electron chi connectivity index (χ0n) is 10.1. The first kappa shape index (κ1) is 12.7. The van der Waals surface area contributed by atoms with Crippen molar-refractivity contribution in [3.8, 4) is 5.75 Å². The van der Waals surface area contributed by atoms with Crippen LogP contribution in [0.15, 0.2) is 18.2 Å². The molecule has 1 saturated carbocycles. The van der Waals surface area contributed by atoms with Crippen LogP contribution in [-0.2, 0) is 6.42 Å². The summed E-state index contributed by atoms with van der Waals surface area (Å²) in [6.45, 7) is 1.56. The number of ether oxygens (including phenoxy) is 1. The van der Waals surface area contributed by atoms with Gasteiger partial charge in [0, 0.05) is 0 Å². The molecule has 0 radical (unpaired) electrons. The number of rotatable bonds is 7. The quantitative estimate of drug-likeness (QED) is 0.756. The van der Waals surface area contributed by atoms with Gasteiger partial charge in [0.25, 0.3) is 0 Å². The van der Waals surface area contributed by atoms with Gasteiger partial charge >= 0.3 is 0 Å². The van der Waals surface area contributed by atoms with E-state index in [1.54, 1.807) is 0 Å². The lowest BCUT2D eigenvalue weighted by molar-refractivity contribution is 0.299. The average molecular weight is 254 g/mol. The monoisotopic (exact) mass is 253 g/mol. The van der Waals surface area contributed by atoms with Gasteiger partial charge in [-0.15, -0.1) is 0 Å². The molecule has 1 aliphatic carbocycles. The maximum Gasteiger partial charge on any atom is 0.138 e. The van der Waals surface area contributed by atoms with E-state index in [4.69, 9.17) is 22.1 Å². The molecular formula is C14H20ClNO. The Hall–Kier alpha value is -0.730. The third kappa shape index (κ3) is 3.90. The Morgan fingerprint density at radius 1 is 1.29 bits per heavy atom. The molecule has 0 amide bonds. The molecule has 2 rings (SSSR count). The van der Waals surface area contributed by atoms with E-state index in [0.717, 1.165) is 49.1 Å². The second-order valence-corrected chi connectivity index (χ2v) is 5.11. The SMILES string of the molecule is NCCCCc1cccc(OCC2CC2)c1Cl. The molecule has 0 saturated heterocycles. The number of hydrogen-bond donors (Lipinski definition) is 1. The molecular weight excluding hydrogens is 234 g/mol. The first-order valence-corrected chi connectivity index (χ1v) is 6.79. The molecule has 2 nitrogen and oxygen atoms in total. The summed E-state index contributed by atoms with van der Waals surface area (Å²) in [6.07, 6.45) is 5.71. The second kappa shape index (κ2) is 6.27. The molecule has 3 heteroatoms. The highest BCUT2D eigenvalue weighted by atomic mass is 35.5. The van der Waals surface area contributed by atoms with Gasteiger partial charge in [0.2, 0.25) is 0 Å². The average Bonchev–Trinajstić information content (AvgIpc) is 3.14. The van der Waals surface area contributed by atoms with Crippen LogP contribution < -0.4 is 10.5 Å². The number of halogens is 1. The zero-order valence-corrected chi connectivity index (χ0v) is 10.9. The Bertz CT molecular complexity index is 363. The van der Waals surface area contributed by atoms with Gasteiger partial charge in [0.1, 0.15) is 5.75 Å². The van der Waals surface area contributed by atoms with Crippen LogP contribution in [0.5, 0.6) is 5.75 Å². The summed E-state index contributed by atoms with van der Waals surface area (Å²) in [5.41, 5.74) is 6.67. The third-order valence-corrected chi connectivity index (χ3v) is 3.54. The van der Waals surface area contributed by atoms with Crippen LogP contribution >= 0.6 is 11.6 Å². The summed E-state index contributed by atoms with van der Waals surface area (Å²) in [7, 11) is 0. The fourth-order valence-electron chi connectivity index (χ4n) is 1.81. The molecule has 0 aliphatic heterocycles. The lowest BCUT2D eigenvalue weighted by Gasteiger charge is -2.10. The molecule has 2 N–H and O–H groups in total. The molecule has 0 bridgehead atoms. The summed E-state index contributed by atoms with van der Waals surface area (Å²) in [5.74, 6) is 1.59. The minimum absolute atomic E-state index is 0.746. The molecule has 0 spiro atoms. The van der Waals surface area contributed by atoms with Crippen molar-refractivity contribution in [2.75, 3.05) is 13.2 Å². The van der Waals surface area contributed by atoms with Crippen LogP contribution in [0.25, 0.3) is 0 Å². The van der Waals surface area contributed by atoms with Gasteiger partial charge in [0.05, 0.1) is 11.6 Å². The smallest absolute Gasteiger partial charge is 0.138 e. The fourth-order valence-corrected chi connectivity index (χ4v) is 2.09. The maximum absolute atomic E-state index is 6.34. The molecule has 1 aromatic rings. The predicted molar refractivity (Wildman–Crippen MR) is 71.7 cm³/mol. The van der Waals surface area contributed by atoms with Crippen LogP contribution in [0.2, 0.25) is 5.02 Å². The highest BCUT2D eigenvalue weighted by Gasteiger charge is 2.22. The Balaban J connectivity index is 1.93. The standard InChI is InChI=1S/C14H20ClNO/c15-14-12(4-1-2-9-16)5-3-6-13(14)17-10-11-7-8-11/h3,5-6,11H,1-2,4,7-10,16H2. The first-order valence-electron chi connectivity index (χ1n) is 6.41. The summed E-state index contributed by atoms with van der Waals surface area (Å²) < 4.78 is 5.75. The van der Waals surface area contributed by atoms with Crippen molar-refractivity contribution in [3.05, 3.63) is 28.8 Å². The summed E-state index contributed by atoms with van der Waals surface area (Å²) in [4.78, 5) is 0. The van der Waals surface area contributed by atoms with E-state index in [0.29, 0.717) is 0 Å². The van der Waals surface area contributed by atoms with Gasteiger partial charge < -0.3 is 10.5 Å². The van der Waals surface area contributed by atoms with Crippen molar-refractivity contribution in [3.63, 3.8) is 0 Å². The molecule has 0 atom stereocenters. The minimum atomic E-state index is 0.746. The zero-order chi connectivity index (χ0) is 12.1. The van der Waals surface area contributed by atoms with E-state index in [2.05, 4.69) is 6.07 Å². The van der Waals surface area contributed by atoms with Crippen molar-refractivity contribution in [1.29, 1.82) is 0 Å². The summed E-state index contributed by atoms with van der Waals surface area (Å²) >= 11 is 6.34. The predicted octanol–water partition coefficient (Wildman–Crippen LogP) is 3.41. The Kier molecular flexibility index (Phi) is 4.69. The lowest BCUT2D eigenvalue weighted by Crippen LogP contribution is -2.01. The van der Waals surface area contributed by atoms with Gasteiger partial charge in [-0.05, 0) is 56.2 Å². The van der Waals surface area contributed by atoms with E-state index < -0.39 is 0 Å². The van der Waals surface area contributed by atoms with Crippen molar-refractivity contribution in [2.45, 2.75) is 32.1 Å². The normalized spacial score (nSPS) is 14.9. The van der Waals surface area contributed by atoms with Gasteiger partial charge in [-0.3, -0.25) is 0 Å². The largest absolute Gasteiger partial charge is 0.492 e. The fraction of sp³-hybridized carbons (Fsp3) is 0.571. The van der Waals surface area contributed by atoms with E-state index >= 15 is 0 Å². The van der Waals surface area contributed by atoms with E-state index in [1.165, 1.54) is 18.4 Å². The lowest BCUT2D eigenvalue weighted by atomic mass is 10.1. The van der Waals surface area contributed by atoms with Crippen molar-refractivity contribution in [1.82, 2.24) is 0 Å². The van der Waals surface area contributed by atoms with Crippen molar-refractivity contribution in [2.24, 2.45) is 11.7 Å². The molecule has 1 aliphatic rings. The highest BCUT2D eigenvalue weighted by molar-refractivity contribution is 6.32. The van der Waals surface area contributed by atoms with Crippen LogP contribution in [-0.4, -0.2) is 13.2 Å². The Labute approximate surface area is 108 Å². The number of aryl methyl sites for hydroxylation is 1. The van der Waals surface area contributed by atoms with Crippen LogP contribution in [0.4, 0.5) is 0 Å². The van der Waals surface area contributed by atoms with E-state index in [1.807, 2.05) is 12.1 Å². The number of unbranched alkanes of at least 4 members (excludes halogenated alkanes) is 1. The maximum atomic E-state index is 6.34. The van der Waals surface area contributed by atoms with E-state index in [9.17, 15) is 0 Å². The van der Waals surface area contributed by atoms with Crippen LogP contribution in [0.3, 0.4) is 0 Å². The number of nitrogens with two attached hydrogens (primary N) is 1. The van der Waals surface area contributed by atoms with E-state index in [-0.39, 0.29) is 0 Å². The van der Waals surface area contributed by atoms with Crippen molar-refractivity contribution >= 4 is 11.6 Å². The molecule has 94 valence electrons. The molecule has 0 heterocycles. The minimum Gasteiger partial charge on any atom is -0.492 e. The molecule has 1 fully saturated rings. The third-order valence-electron chi connectivity index (χ3n) is 3.11.